The molecule has 0 radical (unpaired) electrons. The fourth-order valence-corrected chi connectivity index (χ4v) is 4.61. The quantitative estimate of drug-likeness (QED) is 0.0823. The topological polar surface area (TPSA) is 149 Å². The zero-order valence-electron chi connectivity index (χ0n) is 21.5. The second-order valence-electron chi connectivity index (χ2n) is 8.92. The molecule has 12 heteroatoms. The Hall–Kier alpha value is -4.56. The number of benzene rings is 3. The van der Waals surface area contributed by atoms with Crippen LogP contribution in [-0.2, 0) is 17.9 Å². The van der Waals surface area contributed by atoms with Gasteiger partial charge in [-0.05, 0) is 35.9 Å². The summed E-state index contributed by atoms with van der Waals surface area (Å²) < 4.78 is 16.5. The van der Waals surface area contributed by atoms with Crippen molar-refractivity contribution in [3.8, 4) is 28.2 Å². The van der Waals surface area contributed by atoms with Crippen LogP contribution in [0.15, 0.2) is 88.2 Å². The first-order valence-electron chi connectivity index (χ1n) is 12.6. The van der Waals surface area contributed by atoms with E-state index in [2.05, 4.69) is 19.2 Å². The number of nitrogens with zero attached hydrogens (tertiary/aromatic N) is 3. The summed E-state index contributed by atoms with van der Waals surface area (Å²) in [5.41, 5.74) is 2.79. The van der Waals surface area contributed by atoms with Crippen molar-refractivity contribution in [2.24, 2.45) is 0 Å². The van der Waals surface area contributed by atoms with Gasteiger partial charge in [0.05, 0.1) is 24.8 Å². The largest absolute Gasteiger partial charge is 0.492 e. The number of amides is 1. The van der Waals surface area contributed by atoms with Gasteiger partial charge < -0.3 is 19.6 Å². The van der Waals surface area contributed by atoms with Crippen LogP contribution in [0.4, 0.5) is 0 Å². The second-order valence-corrected chi connectivity index (χ2v) is 9.69. The van der Waals surface area contributed by atoms with Crippen molar-refractivity contribution in [3.63, 3.8) is 0 Å². The molecule has 0 atom stereocenters. The molecular formula is C29H24IN5O6. The Balaban J connectivity index is 1.34. The zero-order valence-corrected chi connectivity index (χ0v) is 23.7. The van der Waals surface area contributed by atoms with Gasteiger partial charge in [0, 0.05) is 64.1 Å². The minimum atomic E-state index is -1.05. The first-order valence-corrected chi connectivity index (χ1v) is 13.6. The van der Waals surface area contributed by atoms with Gasteiger partial charge in [0.15, 0.2) is 5.43 Å². The maximum absolute atomic E-state index is 12.1. The van der Waals surface area contributed by atoms with Gasteiger partial charge >= 0.3 is 5.97 Å². The van der Waals surface area contributed by atoms with Gasteiger partial charge in [-0.1, -0.05) is 29.5 Å². The third-order valence-corrected chi connectivity index (χ3v) is 6.62. The predicted octanol–water partition coefficient (Wildman–Crippen LogP) is 4.05. The Morgan fingerprint density at radius 1 is 1.10 bits per heavy atom. The molecular weight excluding hydrogens is 641 g/mol. The van der Waals surface area contributed by atoms with Crippen LogP contribution in [0.2, 0.25) is 0 Å². The van der Waals surface area contributed by atoms with E-state index in [0.717, 1.165) is 0 Å². The monoisotopic (exact) mass is 665 g/mol. The lowest BCUT2D eigenvalue weighted by Gasteiger charge is -2.17. The molecule has 0 fully saturated rings. The minimum absolute atomic E-state index is 0.143. The maximum Gasteiger partial charge on any atom is 0.336 e. The Morgan fingerprint density at radius 2 is 1.95 bits per heavy atom. The number of hydrogen-bond donors (Lipinski definition) is 3. The lowest BCUT2D eigenvalue weighted by molar-refractivity contribution is -0.116. The van der Waals surface area contributed by atoms with Crippen molar-refractivity contribution in [1.82, 2.24) is 23.8 Å². The van der Waals surface area contributed by atoms with E-state index in [9.17, 15) is 19.5 Å². The van der Waals surface area contributed by atoms with E-state index >= 15 is 0 Å². The third kappa shape index (κ3) is 6.61. The molecule has 3 N–H and O–H groups in total. The molecule has 0 spiro atoms. The summed E-state index contributed by atoms with van der Waals surface area (Å²) in [4.78, 5) is 35.9. The van der Waals surface area contributed by atoms with Crippen molar-refractivity contribution in [1.29, 1.82) is 0 Å². The van der Waals surface area contributed by atoms with Crippen molar-refractivity contribution in [2.75, 3.05) is 13.2 Å². The number of halogens is 1. The molecule has 0 unspecified atom stereocenters. The Morgan fingerprint density at radius 3 is 2.78 bits per heavy atom. The van der Waals surface area contributed by atoms with E-state index in [4.69, 9.17) is 9.15 Å². The summed E-state index contributed by atoms with van der Waals surface area (Å²) in [7, 11) is 0. The van der Waals surface area contributed by atoms with Gasteiger partial charge in [0.2, 0.25) is 5.91 Å². The van der Waals surface area contributed by atoms with Crippen molar-refractivity contribution < 1.29 is 23.8 Å². The van der Waals surface area contributed by atoms with E-state index in [0.29, 0.717) is 58.0 Å². The summed E-state index contributed by atoms with van der Waals surface area (Å²) in [5.74, 6) is -0.401. The number of ether oxygens (including phenoxy) is 1. The molecule has 0 saturated carbocycles. The Bertz CT molecular complexity index is 1780. The van der Waals surface area contributed by atoms with Gasteiger partial charge in [-0.2, -0.15) is 0 Å². The van der Waals surface area contributed by atoms with Gasteiger partial charge in [-0.15, -0.1) is 5.10 Å². The molecule has 0 bridgehead atoms. The molecule has 2 aliphatic rings. The van der Waals surface area contributed by atoms with Gasteiger partial charge in [0.25, 0.3) is 0 Å². The van der Waals surface area contributed by atoms with E-state index in [1.54, 1.807) is 59.4 Å². The summed E-state index contributed by atoms with van der Waals surface area (Å²) in [6, 6.07) is 16.5. The van der Waals surface area contributed by atoms with Crippen LogP contribution in [0.3, 0.4) is 0 Å². The fraction of sp³-hybridized carbons (Fsp3) is 0.138. The van der Waals surface area contributed by atoms with Crippen molar-refractivity contribution >= 4 is 45.7 Å². The lowest BCUT2D eigenvalue weighted by Crippen LogP contribution is -2.20. The molecule has 11 nitrogen and oxygen atoms in total. The number of carbonyl (C=O) groups excluding carboxylic acids is 1. The molecule has 41 heavy (non-hydrogen) atoms. The van der Waals surface area contributed by atoms with Crippen molar-refractivity contribution in [3.05, 3.63) is 100 Å². The number of carboxylic acids is 1. The highest BCUT2D eigenvalue weighted by atomic mass is 127. The summed E-state index contributed by atoms with van der Waals surface area (Å²) in [5, 5.41) is 21.4. The summed E-state index contributed by atoms with van der Waals surface area (Å²) in [6.07, 6.45) is 4.90. The number of rotatable bonds is 11. The summed E-state index contributed by atoms with van der Waals surface area (Å²) >= 11 is 2.00. The summed E-state index contributed by atoms with van der Waals surface area (Å²) in [6.45, 7) is 1.53. The van der Waals surface area contributed by atoms with Crippen molar-refractivity contribution in [2.45, 2.75) is 13.1 Å². The predicted molar refractivity (Wildman–Crippen MR) is 160 cm³/mol. The normalized spacial score (nSPS) is 11.3. The molecule has 0 saturated heterocycles. The van der Waals surface area contributed by atoms with E-state index in [1.807, 2.05) is 28.9 Å². The number of carbonyl (C=O) groups is 2. The highest BCUT2D eigenvalue weighted by Gasteiger charge is 2.21. The number of aromatic carboxylic acids is 1. The molecule has 3 aromatic rings. The first-order chi connectivity index (χ1) is 19.9. The Labute approximate surface area is 247 Å². The standard InChI is InChI=1S/C29H24IN5O6/c30-32-11-3-6-27(37)31-16-18-17-35(34-33-18)12-13-40-20-8-10-24-26(15-20)41-25-14-19(36)7-9-23(25)28(24)21-4-1-2-5-22(21)29(38)39/h1-10,14-15,17,32H,11-13,16H2,(H,31,37)(H,38,39)/b6-3+. The third-order valence-electron chi connectivity index (χ3n) is 6.17. The van der Waals surface area contributed by atoms with Crippen LogP contribution in [0.1, 0.15) is 16.1 Å². The molecule has 208 valence electrons. The van der Waals surface area contributed by atoms with Crippen LogP contribution in [0, 0.1) is 0 Å². The van der Waals surface area contributed by atoms with E-state index in [1.165, 1.54) is 18.2 Å². The van der Waals surface area contributed by atoms with E-state index in [-0.39, 0.29) is 30.1 Å². The lowest BCUT2D eigenvalue weighted by atomic mass is 9.91. The molecule has 2 aromatic carbocycles. The molecule has 1 amide bonds. The molecule has 1 aromatic heterocycles. The highest BCUT2D eigenvalue weighted by Crippen LogP contribution is 2.41. The fourth-order valence-electron chi connectivity index (χ4n) is 4.35. The smallest absolute Gasteiger partial charge is 0.336 e. The molecule has 5 rings (SSSR count). The average molecular weight is 665 g/mol. The SMILES string of the molecule is O=C(/C=C/CNI)NCc1cn(CCOc2ccc3c(-c4ccccc4C(=O)O)c4ccc(=O)cc-4oc3c2)nn1. The zero-order chi connectivity index (χ0) is 28.8. The second kappa shape index (κ2) is 12.7. The molecule has 1 aliphatic heterocycles. The van der Waals surface area contributed by atoms with Crippen LogP contribution < -0.4 is 19.0 Å². The maximum atomic E-state index is 12.1. The minimum Gasteiger partial charge on any atom is -0.492 e. The number of aromatic nitrogens is 3. The molecule has 2 heterocycles. The van der Waals surface area contributed by atoms with Crippen LogP contribution >= 0.6 is 22.9 Å². The number of carboxylic acid groups (broad SMARTS) is 1. The number of nitrogens with one attached hydrogen (secondary N) is 2. The van der Waals surface area contributed by atoms with Crippen LogP contribution in [-0.4, -0.2) is 45.1 Å². The van der Waals surface area contributed by atoms with Gasteiger partial charge in [-0.3, -0.25) is 13.1 Å². The van der Waals surface area contributed by atoms with Gasteiger partial charge in [0.1, 0.15) is 29.4 Å². The molecule has 1 aliphatic carbocycles. The van der Waals surface area contributed by atoms with E-state index < -0.39 is 5.97 Å². The average Bonchev–Trinajstić information content (AvgIpc) is 3.42. The van der Waals surface area contributed by atoms with Crippen LogP contribution in [0.25, 0.3) is 33.4 Å². The first kappa shape index (κ1) is 28.0. The van der Waals surface area contributed by atoms with Crippen LogP contribution in [0.5, 0.6) is 5.75 Å². The highest BCUT2D eigenvalue weighted by molar-refractivity contribution is 14.1. The number of hydrogen-bond acceptors (Lipinski definition) is 8. The van der Waals surface area contributed by atoms with Gasteiger partial charge in [-0.25, -0.2) is 9.48 Å². The number of fused-ring (bicyclic) bond motifs is 2. The Kier molecular flexibility index (Phi) is 8.70.